The van der Waals surface area contributed by atoms with E-state index in [4.69, 9.17) is 18.0 Å². The lowest BCUT2D eigenvalue weighted by Gasteiger charge is -2.15. The summed E-state index contributed by atoms with van der Waals surface area (Å²) in [7, 11) is 2.07. The highest BCUT2D eigenvalue weighted by atomic mass is 32.1. The Kier molecular flexibility index (Phi) is 4.57. The van der Waals surface area contributed by atoms with E-state index in [9.17, 15) is 0 Å². The van der Waals surface area contributed by atoms with Crippen molar-refractivity contribution in [2.75, 3.05) is 7.05 Å². The van der Waals surface area contributed by atoms with Gasteiger partial charge in [-0.15, -0.1) is 11.3 Å². The molecular formula is C13H16N4S2. The van der Waals surface area contributed by atoms with Gasteiger partial charge in [-0.25, -0.2) is 4.98 Å². The Bertz CT molecular complexity index is 580. The van der Waals surface area contributed by atoms with Gasteiger partial charge in [0.15, 0.2) is 0 Å². The summed E-state index contributed by atoms with van der Waals surface area (Å²) in [5.74, 6) is 0. The molecule has 0 aliphatic carbocycles. The van der Waals surface area contributed by atoms with Gasteiger partial charge in [-0.1, -0.05) is 12.2 Å². The molecule has 2 rings (SSSR count). The summed E-state index contributed by atoms with van der Waals surface area (Å²) in [5, 5.41) is 3.20. The fourth-order valence-electron chi connectivity index (χ4n) is 1.83. The molecule has 0 saturated carbocycles. The van der Waals surface area contributed by atoms with Crippen LogP contribution in [-0.2, 0) is 13.1 Å². The van der Waals surface area contributed by atoms with E-state index in [-0.39, 0.29) is 0 Å². The third kappa shape index (κ3) is 4.05. The van der Waals surface area contributed by atoms with Crippen molar-refractivity contribution in [2.45, 2.75) is 20.0 Å². The van der Waals surface area contributed by atoms with Crippen LogP contribution in [0.2, 0.25) is 0 Å². The number of thiazole rings is 1. The topological polar surface area (TPSA) is 55.0 Å². The maximum atomic E-state index is 5.59. The number of aromatic nitrogens is 2. The first-order chi connectivity index (χ1) is 9.04. The van der Waals surface area contributed by atoms with Gasteiger partial charge in [0, 0.05) is 24.7 Å². The van der Waals surface area contributed by atoms with Crippen LogP contribution >= 0.6 is 23.6 Å². The molecule has 0 radical (unpaired) electrons. The van der Waals surface area contributed by atoms with Crippen molar-refractivity contribution < 1.29 is 0 Å². The first-order valence-electron chi connectivity index (χ1n) is 5.89. The minimum atomic E-state index is 0.333. The van der Waals surface area contributed by atoms with Crippen LogP contribution in [0, 0.1) is 6.92 Å². The minimum Gasteiger partial charge on any atom is -0.388 e. The first-order valence-corrected chi connectivity index (χ1v) is 7.17. The van der Waals surface area contributed by atoms with Gasteiger partial charge in [0.1, 0.15) is 4.99 Å². The summed E-state index contributed by atoms with van der Waals surface area (Å²) >= 11 is 6.61. The van der Waals surface area contributed by atoms with Crippen LogP contribution in [0.3, 0.4) is 0 Å². The van der Waals surface area contributed by atoms with E-state index in [1.165, 1.54) is 0 Å². The predicted octanol–water partition coefficient (Wildman–Crippen LogP) is 2.11. The van der Waals surface area contributed by atoms with Gasteiger partial charge in [0.05, 0.1) is 16.4 Å². The molecule has 0 saturated heterocycles. The molecule has 0 fully saturated rings. The second kappa shape index (κ2) is 6.18. The van der Waals surface area contributed by atoms with Crippen LogP contribution in [0.25, 0.3) is 0 Å². The van der Waals surface area contributed by atoms with Gasteiger partial charge in [-0.3, -0.25) is 9.88 Å². The van der Waals surface area contributed by atoms with E-state index in [2.05, 4.69) is 27.3 Å². The average Bonchev–Trinajstić information content (AvgIpc) is 2.74. The monoisotopic (exact) mass is 292 g/mol. The summed E-state index contributed by atoms with van der Waals surface area (Å²) in [5.41, 5.74) is 8.51. The Morgan fingerprint density at radius 3 is 2.89 bits per heavy atom. The molecule has 0 aliphatic rings. The number of pyridine rings is 1. The lowest BCUT2D eigenvalue weighted by Crippen LogP contribution is -2.18. The van der Waals surface area contributed by atoms with Crippen LogP contribution < -0.4 is 5.73 Å². The van der Waals surface area contributed by atoms with Gasteiger partial charge < -0.3 is 5.73 Å². The first kappa shape index (κ1) is 14.0. The summed E-state index contributed by atoms with van der Waals surface area (Å²) in [6.07, 6.45) is 1.74. The molecule has 2 aromatic heterocycles. The Morgan fingerprint density at radius 2 is 2.26 bits per heavy atom. The third-order valence-electron chi connectivity index (χ3n) is 2.63. The molecule has 19 heavy (non-hydrogen) atoms. The van der Waals surface area contributed by atoms with Crippen LogP contribution in [0.15, 0.2) is 23.7 Å². The highest BCUT2D eigenvalue weighted by Gasteiger charge is 2.06. The Morgan fingerprint density at radius 1 is 1.47 bits per heavy atom. The predicted molar refractivity (Wildman–Crippen MR) is 82.1 cm³/mol. The standard InChI is InChI=1S/C13H16N4S2/c1-9-16-11(8-19-9)7-17(2)6-10-3-4-15-12(5-10)13(14)18/h3-5,8H,6-7H2,1-2H3,(H2,14,18). The highest BCUT2D eigenvalue weighted by molar-refractivity contribution is 7.80. The number of nitrogens with zero attached hydrogens (tertiary/aromatic N) is 3. The van der Waals surface area contributed by atoms with E-state index in [0.29, 0.717) is 10.7 Å². The van der Waals surface area contributed by atoms with Crippen molar-refractivity contribution in [3.05, 3.63) is 45.7 Å². The molecular weight excluding hydrogens is 276 g/mol. The zero-order valence-corrected chi connectivity index (χ0v) is 12.6. The van der Waals surface area contributed by atoms with Crippen LogP contribution in [0.5, 0.6) is 0 Å². The van der Waals surface area contributed by atoms with E-state index in [1.807, 2.05) is 19.1 Å². The Hall–Kier alpha value is -1.37. The van der Waals surface area contributed by atoms with Crippen LogP contribution in [0.1, 0.15) is 22.0 Å². The zero-order valence-electron chi connectivity index (χ0n) is 11.0. The zero-order chi connectivity index (χ0) is 13.8. The van der Waals surface area contributed by atoms with E-state index < -0.39 is 0 Å². The summed E-state index contributed by atoms with van der Waals surface area (Å²) in [6, 6.07) is 3.91. The van der Waals surface area contributed by atoms with Crippen molar-refractivity contribution >= 4 is 28.5 Å². The molecule has 0 unspecified atom stereocenters. The lowest BCUT2D eigenvalue weighted by molar-refractivity contribution is 0.315. The number of thiocarbonyl (C=S) groups is 1. The van der Waals surface area contributed by atoms with Gasteiger partial charge in [0.2, 0.25) is 0 Å². The SMILES string of the molecule is Cc1nc(CN(C)Cc2ccnc(C(N)=S)c2)cs1. The Labute approximate surface area is 122 Å². The fourth-order valence-corrected chi connectivity index (χ4v) is 2.55. The van der Waals surface area contributed by atoms with Crippen LogP contribution in [0.4, 0.5) is 0 Å². The lowest BCUT2D eigenvalue weighted by atomic mass is 10.2. The molecule has 2 aromatic rings. The maximum absolute atomic E-state index is 5.59. The van der Waals surface area contributed by atoms with E-state index in [0.717, 1.165) is 29.4 Å². The molecule has 0 aliphatic heterocycles. The van der Waals surface area contributed by atoms with E-state index >= 15 is 0 Å². The Balaban J connectivity index is 2.00. The van der Waals surface area contributed by atoms with Crippen LogP contribution in [-0.4, -0.2) is 26.9 Å². The van der Waals surface area contributed by atoms with Gasteiger partial charge >= 0.3 is 0 Å². The second-order valence-electron chi connectivity index (χ2n) is 4.44. The molecule has 0 spiro atoms. The summed E-state index contributed by atoms with van der Waals surface area (Å²) in [6.45, 7) is 3.66. The minimum absolute atomic E-state index is 0.333. The van der Waals surface area contributed by atoms with E-state index in [1.54, 1.807) is 17.5 Å². The molecule has 0 amide bonds. The largest absolute Gasteiger partial charge is 0.388 e. The highest BCUT2D eigenvalue weighted by Crippen LogP contribution is 2.12. The molecule has 2 N–H and O–H groups in total. The quantitative estimate of drug-likeness (QED) is 0.855. The van der Waals surface area contributed by atoms with Gasteiger partial charge in [0.25, 0.3) is 0 Å². The van der Waals surface area contributed by atoms with Crippen molar-refractivity contribution in [3.8, 4) is 0 Å². The summed E-state index contributed by atoms with van der Waals surface area (Å²) < 4.78 is 0. The van der Waals surface area contributed by atoms with Crippen molar-refractivity contribution in [1.29, 1.82) is 0 Å². The molecule has 4 nitrogen and oxygen atoms in total. The molecule has 0 atom stereocenters. The maximum Gasteiger partial charge on any atom is 0.122 e. The molecule has 6 heteroatoms. The number of nitrogens with two attached hydrogens (primary N) is 1. The van der Waals surface area contributed by atoms with Crippen molar-refractivity contribution in [1.82, 2.24) is 14.9 Å². The smallest absolute Gasteiger partial charge is 0.122 e. The number of aryl methyl sites for hydroxylation is 1. The number of hydrogen-bond donors (Lipinski definition) is 1. The van der Waals surface area contributed by atoms with Crippen molar-refractivity contribution in [2.24, 2.45) is 5.73 Å². The molecule has 0 aromatic carbocycles. The number of hydrogen-bond acceptors (Lipinski definition) is 5. The third-order valence-corrected chi connectivity index (χ3v) is 3.66. The fraction of sp³-hybridized carbons (Fsp3) is 0.308. The number of rotatable bonds is 5. The van der Waals surface area contributed by atoms with Gasteiger partial charge in [-0.05, 0) is 31.7 Å². The molecule has 100 valence electrons. The molecule has 2 heterocycles. The average molecular weight is 292 g/mol. The van der Waals surface area contributed by atoms with Gasteiger partial charge in [-0.2, -0.15) is 0 Å². The second-order valence-corrected chi connectivity index (χ2v) is 5.95. The summed E-state index contributed by atoms with van der Waals surface area (Å²) in [4.78, 5) is 11.1. The molecule has 0 bridgehead atoms. The normalized spacial score (nSPS) is 10.9. The van der Waals surface area contributed by atoms with Crippen molar-refractivity contribution in [3.63, 3.8) is 0 Å².